The monoisotopic (exact) mass is 616 g/mol. The molecule has 1 unspecified atom stereocenters. The number of aromatic nitrogens is 2. The Morgan fingerprint density at radius 2 is 1.95 bits per heavy atom. The van der Waals surface area contributed by atoms with Gasteiger partial charge in [0.2, 0.25) is 5.91 Å². The summed E-state index contributed by atoms with van der Waals surface area (Å²) < 4.78 is 25.8. The molecule has 8 nitrogen and oxygen atoms in total. The van der Waals surface area contributed by atoms with Crippen LogP contribution in [0.1, 0.15) is 51.4 Å². The number of carbonyl (C=O) groups excluding carboxylic acids is 1. The number of hydrogen-bond donors (Lipinski definition) is 1. The number of benzene rings is 2. The van der Waals surface area contributed by atoms with Crippen LogP contribution in [0.3, 0.4) is 0 Å². The van der Waals surface area contributed by atoms with E-state index in [0.717, 1.165) is 58.1 Å². The highest BCUT2D eigenvalue weighted by Crippen LogP contribution is 2.36. The quantitative estimate of drug-likeness (QED) is 0.203. The fraction of sp³-hybridized carbons (Fsp3) is 0.500. The fourth-order valence-corrected chi connectivity index (χ4v) is 7.83. The summed E-state index contributed by atoms with van der Waals surface area (Å²) in [5, 5.41) is 4.84. The summed E-state index contributed by atoms with van der Waals surface area (Å²) in [6, 6.07) is 11.4. The van der Waals surface area contributed by atoms with Gasteiger partial charge in [-0.3, -0.25) is 14.2 Å². The molecule has 1 N–H and O–H groups in total. The summed E-state index contributed by atoms with van der Waals surface area (Å²) in [5.74, 6) is 0.965. The second kappa shape index (κ2) is 12.9. The Bertz CT molecular complexity index is 1580. The van der Waals surface area contributed by atoms with Crippen LogP contribution in [0, 0.1) is 5.41 Å². The Morgan fingerprint density at radius 3 is 2.71 bits per heavy atom. The minimum atomic E-state index is -3.45. The van der Waals surface area contributed by atoms with Crippen molar-refractivity contribution in [2.45, 2.75) is 61.4 Å². The minimum Gasteiger partial charge on any atom is -0.342 e. The number of piperidine rings is 2. The van der Waals surface area contributed by atoms with Gasteiger partial charge in [-0.05, 0) is 81.5 Å². The zero-order valence-electron chi connectivity index (χ0n) is 23.4. The van der Waals surface area contributed by atoms with Crippen LogP contribution < -0.4 is 10.9 Å². The van der Waals surface area contributed by atoms with Crippen molar-refractivity contribution in [1.82, 2.24) is 19.8 Å². The average molecular weight is 617 g/mol. The third-order valence-electron chi connectivity index (χ3n) is 8.15. The molecule has 0 aliphatic carbocycles. The lowest BCUT2D eigenvalue weighted by atomic mass is 9.74. The Morgan fingerprint density at radius 1 is 1.12 bits per heavy atom. The maximum Gasteiger partial charge on any atom is 0.266 e. The Kier molecular flexibility index (Phi) is 9.43. The van der Waals surface area contributed by atoms with Crippen LogP contribution in [-0.2, 0) is 14.6 Å². The molecule has 0 radical (unpaired) electrons. The van der Waals surface area contributed by atoms with E-state index in [1.807, 2.05) is 0 Å². The SMILES string of the molecule is CS(=O)(=O)c1ccc2c(=O)n(-c3cccc(Cl)c3)c(SCCCCCC(=O)N3CCCC4(CCCNC4)C3)nc2c1. The highest BCUT2D eigenvalue weighted by Gasteiger charge is 2.37. The molecule has 1 atom stereocenters. The van der Waals surface area contributed by atoms with E-state index < -0.39 is 9.84 Å². The first-order chi connectivity index (χ1) is 19.7. The van der Waals surface area contributed by atoms with Crippen LogP contribution >= 0.6 is 23.4 Å². The van der Waals surface area contributed by atoms with E-state index in [4.69, 9.17) is 16.6 Å². The number of nitrogens with one attached hydrogen (secondary N) is 1. The largest absolute Gasteiger partial charge is 0.342 e. The van der Waals surface area contributed by atoms with E-state index in [0.29, 0.717) is 38.9 Å². The van der Waals surface area contributed by atoms with Crippen LogP contribution in [0.15, 0.2) is 57.3 Å². The van der Waals surface area contributed by atoms with Gasteiger partial charge in [-0.25, -0.2) is 13.4 Å². The van der Waals surface area contributed by atoms with Crippen molar-refractivity contribution in [2.75, 3.05) is 38.2 Å². The summed E-state index contributed by atoms with van der Waals surface area (Å²) in [6.07, 6.45) is 8.97. The number of nitrogens with zero attached hydrogens (tertiary/aromatic N) is 3. The zero-order chi connectivity index (χ0) is 29.0. The van der Waals surface area contributed by atoms with Crippen molar-refractivity contribution in [3.8, 4) is 5.69 Å². The third kappa shape index (κ3) is 7.16. The van der Waals surface area contributed by atoms with Crippen molar-refractivity contribution in [3.05, 3.63) is 57.8 Å². The van der Waals surface area contributed by atoms with Crippen molar-refractivity contribution in [3.63, 3.8) is 0 Å². The van der Waals surface area contributed by atoms with Gasteiger partial charge in [0.15, 0.2) is 15.0 Å². The number of halogens is 1. The summed E-state index contributed by atoms with van der Waals surface area (Å²) >= 11 is 7.68. The molecule has 2 saturated heterocycles. The number of fused-ring (bicyclic) bond motifs is 1. The average Bonchev–Trinajstić information content (AvgIpc) is 2.94. The molecule has 11 heteroatoms. The molecule has 0 saturated carbocycles. The molecule has 1 amide bonds. The Hall–Kier alpha value is -2.40. The number of unbranched alkanes of at least 4 members (excludes halogenated alkanes) is 2. The third-order valence-corrected chi connectivity index (χ3v) is 10.5. The molecule has 2 aromatic carbocycles. The van der Waals surface area contributed by atoms with E-state index in [1.165, 1.54) is 53.8 Å². The topological polar surface area (TPSA) is 101 Å². The highest BCUT2D eigenvalue weighted by molar-refractivity contribution is 7.99. The summed E-state index contributed by atoms with van der Waals surface area (Å²) in [6.45, 7) is 3.85. The van der Waals surface area contributed by atoms with E-state index >= 15 is 0 Å². The predicted octanol–water partition coefficient (Wildman–Crippen LogP) is 5.09. The van der Waals surface area contributed by atoms with Crippen LogP contribution in [-0.4, -0.2) is 67.0 Å². The fourth-order valence-electron chi connectivity index (χ4n) is 5.99. The molecule has 1 aromatic heterocycles. The lowest BCUT2D eigenvalue weighted by molar-refractivity contribution is -0.135. The smallest absolute Gasteiger partial charge is 0.266 e. The summed E-state index contributed by atoms with van der Waals surface area (Å²) in [7, 11) is -3.45. The van der Waals surface area contributed by atoms with Gasteiger partial charge in [-0.2, -0.15) is 0 Å². The maximum atomic E-state index is 13.6. The molecule has 1 spiro atoms. The Balaban J connectivity index is 1.23. The first kappa shape index (κ1) is 30.1. The lowest BCUT2D eigenvalue weighted by Gasteiger charge is -2.45. The van der Waals surface area contributed by atoms with Gasteiger partial charge in [0.25, 0.3) is 5.56 Å². The van der Waals surface area contributed by atoms with Gasteiger partial charge >= 0.3 is 0 Å². The number of carbonyl (C=O) groups is 1. The number of rotatable bonds is 9. The predicted molar refractivity (Wildman–Crippen MR) is 165 cm³/mol. The molecule has 220 valence electrons. The molecule has 2 fully saturated rings. The number of thioether (sulfide) groups is 1. The van der Waals surface area contributed by atoms with Crippen LogP contribution in [0.2, 0.25) is 5.02 Å². The number of likely N-dealkylation sites (tertiary alicyclic amines) is 1. The number of sulfone groups is 1. The maximum absolute atomic E-state index is 13.6. The van der Waals surface area contributed by atoms with Gasteiger partial charge in [-0.1, -0.05) is 35.9 Å². The Labute approximate surface area is 250 Å². The molecule has 2 aliphatic rings. The minimum absolute atomic E-state index is 0.123. The van der Waals surface area contributed by atoms with Gasteiger partial charge in [0.1, 0.15) is 0 Å². The molecule has 0 bridgehead atoms. The lowest BCUT2D eigenvalue weighted by Crippen LogP contribution is -2.52. The van der Waals surface area contributed by atoms with E-state index in [-0.39, 0.29) is 21.8 Å². The van der Waals surface area contributed by atoms with Crippen molar-refractivity contribution in [1.29, 1.82) is 0 Å². The van der Waals surface area contributed by atoms with Gasteiger partial charge in [0, 0.05) is 48.5 Å². The first-order valence-corrected chi connectivity index (χ1v) is 17.5. The summed E-state index contributed by atoms with van der Waals surface area (Å²) in [5.41, 5.74) is 0.926. The van der Waals surface area contributed by atoms with Gasteiger partial charge < -0.3 is 10.2 Å². The van der Waals surface area contributed by atoms with E-state index in [9.17, 15) is 18.0 Å². The van der Waals surface area contributed by atoms with Gasteiger partial charge in [-0.15, -0.1) is 0 Å². The van der Waals surface area contributed by atoms with Crippen LogP contribution in [0.25, 0.3) is 16.6 Å². The molecule has 5 rings (SSSR count). The number of amides is 1. The van der Waals surface area contributed by atoms with Crippen molar-refractivity contribution >= 4 is 50.0 Å². The highest BCUT2D eigenvalue weighted by atomic mass is 35.5. The summed E-state index contributed by atoms with van der Waals surface area (Å²) in [4.78, 5) is 33.5. The standard InChI is InChI=1S/C30H37ClN4O4S2/c1-41(38,39)24-11-12-25-26(19-24)33-29(35(28(25)37)23-9-5-8-22(31)18-23)40-17-4-2-3-10-27(36)34-16-7-14-30(21-34)13-6-15-32-20-30/h5,8-9,11-12,18-19,32H,2-4,6-7,10,13-17,20-21H2,1H3. The zero-order valence-corrected chi connectivity index (χ0v) is 25.8. The normalized spacial score (nSPS) is 19.6. The second-order valence-corrected chi connectivity index (χ2v) is 14.8. The molecule has 41 heavy (non-hydrogen) atoms. The molecule has 3 heterocycles. The van der Waals surface area contributed by atoms with Gasteiger partial charge in [0.05, 0.1) is 21.5 Å². The molecular weight excluding hydrogens is 580 g/mol. The van der Waals surface area contributed by atoms with E-state index in [2.05, 4.69) is 10.2 Å². The van der Waals surface area contributed by atoms with Crippen molar-refractivity contribution < 1.29 is 13.2 Å². The molecular formula is C30H37ClN4O4S2. The number of hydrogen-bond acceptors (Lipinski definition) is 7. The first-order valence-electron chi connectivity index (χ1n) is 14.3. The van der Waals surface area contributed by atoms with Crippen LogP contribution in [0.5, 0.6) is 0 Å². The molecule has 3 aromatic rings. The van der Waals surface area contributed by atoms with Crippen LogP contribution in [0.4, 0.5) is 0 Å². The van der Waals surface area contributed by atoms with E-state index in [1.54, 1.807) is 24.3 Å². The van der Waals surface area contributed by atoms with Crippen molar-refractivity contribution in [2.24, 2.45) is 5.41 Å². The molecule has 2 aliphatic heterocycles. The second-order valence-electron chi connectivity index (χ2n) is 11.3.